The van der Waals surface area contributed by atoms with E-state index in [-0.39, 0.29) is 0 Å². The lowest BCUT2D eigenvalue weighted by Crippen LogP contribution is -2.35. The van der Waals surface area contributed by atoms with Crippen LogP contribution in [0.2, 0.25) is 0 Å². The summed E-state index contributed by atoms with van der Waals surface area (Å²) in [5.41, 5.74) is 1.41. The molecule has 0 aromatic carbocycles. The predicted octanol–water partition coefficient (Wildman–Crippen LogP) is 4.42. The van der Waals surface area contributed by atoms with Crippen molar-refractivity contribution >= 4 is 27.3 Å². The number of thiophene rings is 1. The van der Waals surface area contributed by atoms with Crippen LogP contribution in [0, 0.1) is 11.8 Å². The number of hydrogen-bond donors (Lipinski definition) is 1. The minimum absolute atomic E-state index is 0.727. The third-order valence-electron chi connectivity index (χ3n) is 3.81. The number of halogens is 1. The molecular formula is C13H20BrNS. The molecule has 1 aliphatic rings. The van der Waals surface area contributed by atoms with E-state index in [1.54, 1.807) is 11.3 Å². The van der Waals surface area contributed by atoms with E-state index in [1.807, 2.05) is 0 Å². The van der Waals surface area contributed by atoms with Crippen molar-refractivity contribution in [2.75, 3.05) is 0 Å². The Bertz CT molecular complexity index is 336. The van der Waals surface area contributed by atoms with Crippen LogP contribution < -0.4 is 5.32 Å². The molecule has 0 aliphatic heterocycles. The summed E-state index contributed by atoms with van der Waals surface area (Å²) in [7, 11) is 0. The second kappa shape index (κ2) is 5.65. The standard InChI is InChI=1S/C13H20BrNS/c1-9-3-4-12(5-10(9)2)15-7-11-6-13(14)16-8-11/h6,8-10,12,15H,3-5,7H2,1-2H3. The predicted molar refractivity (Wildman–Crippen MR) is 74.8 cm³/mol. The highest BCUT2D eigenvalue weighted by Crippen LogP contribution is 2.29. The number of rotatable bonds is 3. The maximum atomic E-state index is 3.69. The van der Waals surface area contributed by atoms with E-state index in [0.717, 1.165) is 24.4 Å². The van der Waals surface area contributed by atoms with E-state index in [9.17, 15) is 0 Å². The van der Waals surface area contributed by atoms with Gasteiger partial charge in [0.1, 0.15) is 0 Å². The van der Waals surface area contributed by atoms with Crippen LogP contribution in [0.3, 0.4) is 0 Å². The Morgan fingerprint density at radius 2 is 2.19 bits per heavy atom. The number of nitrogens with one attached hydrogen (secondary N) is 1. The molecule has 3 heteroatoms. The first kappa shape index (κ1) is 12.6. The van der Waals surface area contributed by atoms with Gasteiger partial charge in [0.25, 0.3) is 0 Å². The molecule has 2 rings (SSSR count). The van der Waals surface area contributed by atoms with E-state index >= 15 is 0 Å². The largest absolute Gasteiger partial charge is 0.310 e. The molecule has 1 saturated carbocycles. The van der Waals surface area contributed by atoms with Crippen molar-refractivity contribution < 1.29 is 0 Å². The van der Waals surface area contributed by atoms with Gasteiger partial charge in [0.2, 0.25) is 0 Å². The summed E-state index contributed by atoms with van der Waals surface area (Å²) < 4.78 is 1.23. The zero-order chi connectivity index (χ0) is 11.5. The summed E-state index contributed by atoms with van der Waals surface area (Å²) in [5, 5.41) is 5.92. The van der Waals surface area contributed by atoms with E-state index in [1.165, 1.54) is 28.6 Å². The van der Waals surface area contributed by atoms with Crippen LogP contribution >= 0.6 is 27.3 Å². The van der Waals surface area contributed by atoms with Gasteiger partial charge >= 0.3 is 0 Å². The van der Waals surface area contributed by atoms with Crippen LogP contribution in [0.5, 0.6) is 0 Å². The molecule has 0 amide bonds. The third-order valence-corrected chi connectivity index (χ3v) is 5.37. The van der Waals surface area contributed by atoms with Crippen LogP contribution in [0.15, 0.2) is 15.2 Å². The molecule has 1 aliphatic carbocycles. The molecule has 0 bridgehead atoms. The molecule has 1 fully saturated rings. The van der Waals surface area contributed by atoms with Gasteiger partial charge in [-0.1, -0.05) is 13.8 Å². The molecule has 0 saturated heterocycles. The average molecular weight is 302 g/mol. The fourth-order valence-corrected chi connectivity index (χ4v) is 3.64. The van der Waals surface area contributed by atoms with E-state index in [4.69, 9.17) is 0 Å². The van der Waals surface area contributed by atoms with Crippen LogP contribution in [-0.4, -0.2) is 6.04 Å². The molecule has 3 atom stereocenters. The van der Waals surface area contributed by atoms with Gasteiger partial charge in [0, 0.05) is 12.6 Å². The lowest BCUT2D eigenvalue weighted by molar-refractivity contribution is 0.225. The highest BCUT2D eigenvalue weighted by molar-refractivity contribution is 9.11. The average Bonchev–Trinajstić information content (AvgIpc) is 2.66. The van der Waals surface area contributed by atoms with Gasteiger partial charge in [-0.25, -0.2) is 0 Å². The lowest BCUT2D eigenvalue weighted by Gasteiger charge is -2.32. The van der Waals surface area contributed by atoms with Gasteiger partial charge in [0.05, 0.1) is 3.79 Å². The highest BCUT2D eigenvalue weighted by atomic mass is 79.9. The Balaban J connectivity index is 1.78. The van der Waals surface area contributed by atoms with Gasteiger partial charge in [-0.15, -0.1) is 11.3 Å². The zero-order valence-corrected chi connectivity index (χ0v) is 12.4. The summed E-state index contributed by atoms with van der Waals surface area (Å²) in [6, 6.07) is 2.94. The molecule has 0 radical (unpaired) electrons. The topological polar surface area (TPSA) is 12.0 Å². The molecule has 16 heavy (non-hydrogen) atoms. The molecule has 1 heterocycles. The lowest BCUT2D eigenvalue weighted by atomic mass is 9.79. The van der Waals surface area contributed by atoms with Gasteiger partial charge in [-0.05, 0) is 64.0 Å². The Morgan fingerprint density at radius 3 is 2.81 bits per heavy atom. The fraction of sp³-hybridized carbons (Fsp3) is 0.692. The van der Waals surface area contributed by atoms with Crippen LogP contribution in [-0.2, 0) is 6.54 Å². The normalized spacial score (nSPS) is 30.6. The summed E-state index contributed by atoms with van der Waals surface area (Å²) in [5.74, 6) is 1.79. The molecule has 1 aromatic rings. The van der Waals surface area contributed by atoms with Crippen molar-refractivity contribution in [1.82, 2.24) is 5.32 Å². The maximum absolute atomic E-state index is 3.69. The smallest absolute Gasteiger partial charge is 0.0701 e. The monoisotopic (exact) mass is 301 g/mol. The molecule has 1 N–H and O–H groups in total. The Morgan fingerprint density at radius 1 is 1.38 bits per heavy atom. The van der Waals surface area contributed by atoms with Gasteiger partial charge < -0.3 is 5.32 Å². The maximum Gasteiger partial charge on any atom is 0.0701 e. The van der Waals surface area contributed by atoms with Crippen molar-refractivity contribution in [2.45, 2.75) is 45.7 Å². The summed E-state index contributed by atoms with van der Waals surface area (Å²) in [6.07, 6.45) is 4.06. The Labute approximate surface area is 111 Å². The van der Waals surface area contributed by atoms with Gasteiger partial charge in [-0.2, -0.15) is 0 Å². The minimum Gasteiger partial charge on any atom is -0.310 e. The second-order valence-corrected chi connectivity index (χ2v) is 7.39. The second-order valence-electron chi connectivity index (χ2n) is 5.10. The first-order valence-corrected chi connectivity index (χ1v) is 7.78. The van der Waals surface area contributed by atoms with E-state index in [2.05, 4.69) is 46.5 Å². The van der Waals surface area contributed by atoms with Crippen LogP contribution in [0.1, 0.15) is 38.7 Å². The van der Waals surface area contributed by atoms with Gasteiger partial charge in [0.15, 0.2) is 0 Å². The summed E-state index contributed by atoms with van der Waals surface area (Å²) in [4.78, 5) is 0. The van der Waals surface area contributed by atoms with E-state index in [0.29, 0.717) is 0 Å². The molecule has 1 aromatic heterocycles. The molecular weight excluding hydrogens is 282 g/mol. The minimum atomic E-state index is 0.727. The Hall–Kier alpha value is 0.140. The van der Waals surface area contributed by atoms with Crippen molar-refractivity contribution in [1.29, 1.82) is 0 Å². The summed E-state index contributed by atoms with van der Waals surface area (Å²) >= 11 is 5.27. The van der Waals surface area contributed by atoms with Gasteiger partial charge in [-0.3, -0.25) is 0 Å². The van der Waals surface area contributed by atoms with E-state index < -0.39 is 0 Å². The quantitative estimate of drug-likeness (QED) is 0.871. The van der Waals surface area contributed by atoms with Crippen LogP contribution in [0.4, 0.5) is 0 Å². The van der Waals surface area contributed by atoms with Crippen LogP contribution in [0.25, 0.3) is 0 Å². The highest BCUT2D eigenvalue weighted by Gasteiger charge is 2.23. The number of hydrogen-bond acceptors (Lipinski definition) is 2. The molecule has 3 unspecified atom stereocenters. The molecule has 90 valence electrons. The fourth-order valence-electron chi connectivity index (χ4n) is 2.43. The van der Waals surface area contributed by atoms with Crippen molar-refractivity contribution in [3.8, 4) is 0 Å². The third kappa shape index (κ3) is 3.31. The first-order chi connectivity index (χ1) is 7.65. The van der Waals surface area contributed by atoms with Crippen molar-refractivity contribution in [3.63, 3.8) is 0 Å². The summed E-state index contributed by atoms with van der Waals surface area (Å²) in [6.45, 7) is 5.80. The Kier molecular flexibility index (Phi) is 4.45. The molecule has 0 spiro atoms. The van der Waals surface area contributed by atoms with Crippen molar-refractivity contribution in [2.24, 2.45) is 11.8 Å². The zero-order valence-electron chi connectivity index (χ0n) is 10.0. The SMILES string of the molecule is CC1CCC(NCc2csc(Br)c2)CC1C. The molecule has 1 nitrogen and oxygen atoms in total. The first-order valence-electron chi connectivity index (χ1n) is 6.11. The van der Waals surface area contributed by atoms with Crippen molar-refractivity contribution in [3.05, 3.63) is 20.8 Å².